The first kappa shape index (κ1) is 18.5. The number of hydrogen-bond donors (Lipinski definition) is 0. The molecule has 0 radical (unpaired) electrons. The van der Waals surface area contributed by atoms with Crippen LogP contribution in [0.5, 0.6) is 0 Å². The Hall–Kier alpha value is -1.53. The molecule has 0 fully saturated rings. The van der Waals surface area contributed by atoms with Crippen molar-refractivity contribution < 1.29 is 19.6 Å². The molecular weight excluding hydrogens is 304 g/mol. The summed E-state index contributed by atoms with van der Waals surface area (Å²) < 4.78 is 0. The summed E-state index contributed by atoms with van der Waals surface area (Å²) in [4.78, 5) is 20.9. The smallest absolute Gasteiger partial charge is 0.214 e. The monoisotopic (exact) mass is 322 g/mol. The van der Waals surface area contributed by atoms with Gasteiger partial charge in [0.15, 0.2) is 11.2 Å². The zero-order valence-electron chi connectivity index (χ0n) is 13.1. The van der Waals surface area contributed by atoms with E-state index in [0.29, 0.717) is 10.6 Å². The number of terminal acetylenes is 2. The minimum atomic E-state index is -0.975. The van der Waals surface area contributed by atoms with Crippen LogP contribution < -0.4 is 0 Å². The molecule has 0 atom stereocenters. The Bertz CT molecular complexity index is 534. The molecule has 0 heterocycles. The fourth-order valence-corrected chi connectivity index (χ4v) is 1.25. The van der Waals surface area contributed by atoms with E-state index in [-0.39, 0.29) is 0 Å². The van der Waals surface area contributed by atoms with E-state index in [4.69, 9.17) is 44.0 Å². The summed E-state index contributed by atoms with van der Waals surface area (Å²) in [5.74, 6) is 4.89. The molecule has 0 spiro atoms. The highest BCUT2D eigenvalue weighted by atomic mass is 35.5. The molecule has 0 saturated carbocycles. The molecule has 0 aliphatic rings. The number of benzene rings is 1. The van der Waals surface area contributed by atoms with Gasteiger partial charge in [0.2, 0.25) is 6.29 Å². The predicted molar refractivity (Wildman–Crippen MR) is 84.4 cm³/mol. The zero-order chi connectivity index (χ0) is 16.8. The van der Waals surface area contributed by atoms with E-state index in [1.165, 1.54) is 0 Å². The topological polar surface area (TPSA) is 36.9 Å². The van der Waals surface area contributed by atoms with Gasteiger partial charge in [-0.05, 0) is 39.8 Å². The molecule has 0 amide bonds. The molecule has 118 valence electrons. The maximum Gasteiger partial charge on any atom is 0.249 e. The lowest BCUT2D eigenvalue weighted by Crippen LogP contribution is -2.27. The molecule has 0 aliphatic heterocycles. The lowest BCUT2D eigenvalue weighted by atomic mass is 10.2. The second kappa shape index (κ2) is 7.65. The van der Waals surface area contributed by atoms with Gasteiger partial charge in [-0.25, -0.2) is 9.78 Å². The van der Waals surface area contributed by atoms with Gasteiger partial charge in [0.05, 0.1) is 0 Å². The van der Waals surface area contributed by atoms with Crippen LogP contribution in [0.4, 0.5) is 0 Å². The zero-order valence-corrected chi connectivity index (χ0v) is 13.8. The maximum atomic E-state index is 5.86. The van der Waals surface area contributed by atoms with E-state index in [0.717, 1.165) is 0 Å². The first-order valence-electron chi connectivity index (χ1n) is 6.59. The minimum Gasteiger partial charge on any atom is -0.214 e. The van der Waals surface area contributed by atoms with Gasteiger partial charge in [-0.3, -0.25) is 0 Å². The van der Waals surface area contributed by atoms with Crippen LogP contribution >= 0.6 is 11.6 Å². The first-order valence-corrected chi connectivity index (χ1v) is 6.97. The van der Waals surface area contributed by atoms with Crippen molar-refractivity contribution in [1.29, 1.82) is 0 Å². The molecule has 1 aromatic carbocycles. The highest BCUT2D eigenvalue weighted by molar-refractivity contribution is 6.30. The van der Waals surface area contributed by atoms with Gasteiger partial charge in [-0.15, -0.1) is 12.8 Å². The highest BCUT2D eigenvalue weighted by Crippen LogP contribution is 2.25. The van der Waals surface area contributed by atoms with Crippen LogP contribution in [-0.2, 0) is 19.6 Å². The third kappa shape index (κ3) is 6.07. The maximum absolute atomic E-state index is 5.86. The van der Waals surface area contributed by atoms with Crippen molar-refractivity contribution in [3.8, 4) is 24.7 Å². The van der Waals surface area contributed by atoms with Gasteiger partial charge in [-0.2, -0.15) is 9.78 Å². The third-order valence-electron chi connectivity index (χ3n) is 2.53. The second-order valence-corrected chi connectivity index (χ2v) is 5.99. The van der Waals surface area contributed by atoms with Gasteiger partial charge in [0.25, 0.3) is 0 Å². The van der Waals surface area contributed by atoms with Crippen molar-refractivity contribution in [1.82, 2.24) is 0 Å². The molecule has 22 heavy (non-hydrogen) atoms. The fraction of sp³-hybridized carbons (Fsp3) is 0.412. The quantitative estimate of drug-likeness (QED) is 0.328. The molecule has 4 nitrogen and oxygen atoms in total. The standard InChI is InChI=1S/C17H19ClO4/c1-7-16(3,4)21-19-15(20-22-17(5,6)8-2)13-9-11-14(18)12-10-13/h1-2,9-12,15H,3-6H3. The summed E-state index contributed by atoms with van der Waals surface area (Å²) in [7, 11) is 0. The third-order valence-corrected chi connectivity index (χ3v) is 2.78. The van der Waals surface area contributed by atoms with E-state index in [1.807, 2.05) is 0 Å². The Morgan fingerprint density at radius 1 is 0.909 bits per heavy atom. The van der Waals surface area contributed by atoms with Gasteiger partial charge < -0.3 is 0 Å². The lowest BCUT2D eigenvalue weighted by molar-refractivity contribution is -0.495. The Morgan fingerprint density at radius 3 is 1.68 bits per heavy atom. The normalized spacial score (nSPS) is 12.0. The van der Waals surface area contributed by atoms with Crippen molar-refractivity contribution in [2.45, 2.75) is 45.2 Å². The Balaban J connectivity index is 2.84. The van der Waals surface area contributed by atoms with Crippen LogP contribution in [0.1, 0.15) is 39.5 Å². The summed E-state index contributed by atoms with van der Waals surface area (Å²) >= 11 is 5.86. The number of hydrogen-bond acceptors (Lipinski definition) is 4. The first-order chi connectivity index (χ1) is 10.2. The van der Waals surface area contributed by atoms with Crippen LogP contribution in [-0.4, -0.2) is 11.2 Å². The van der Waals surface area contributed by atoms with Gasteiger partial charge in [-0.1, -0.05) is 35.6 Å². The van der Waals surface area contributed by atoms with Crippen molar-refractivity contribution in [3.63, 3.8) is 0 Å². The van der Waals surface area contributed by atoms with Crippen LogP contribution in [0.2, 0.25) is 5.02 Å². The highest BCUT2D eigenvalue weighted by Gasteiger charge is 2.25. The van der Waals surface area contributed by atoms with Crippen LogP contribution in [0, 0.1) is 24.7 Å². The van der Waals surface area contributed by atoms with Crippen LogP contribution in [0.3, 0.4) is 0 Å². The molecule has 5 heteroatoms. The van der Waals surface area contributed by atoms with E-state index >= 15 is 0 Å². The van der Waals surface area contributed by atoms with Crippen LogP contribution in [0.15, 0.2) is 24.3 Å². The Kier molecular flexibility index (Phi) is 6.44. The molecule has 0 aliphatic carbocycles. The number of rotatable bonds is 7. The minimum absolute atomic E-state index is 0.581. The van der Waals surface area contributed by atoms with E-state index in [1.54, 1.807) is 52.0 Å². The van der Waals surface area contributed by atoms with Crippen molar-refractivity contribution in [3.05, 3.63) is 34.9 Å². The van der Waals surface area contributed by atoms with Gasteiger partial charge >= 0.3 is 0 Å². The van der Waals surface area contributed by atoms with E-state index in [9.17, 15) is 0 Å². The molecule has 0 aromatic heterocycles. The summed E-state index contributed by atoms with van der Waals surface area (Å²) in [6.07, 6.45) is 9.72. The summed E-state index contributed by atoms with van der Waals surface area (Å²) in [5, 5.41) is 0.581. The molecule has 1 rings (SSSR count). The van der Waals surface area contributed by atoms with Crippen molar-refractivity contribution in [2.24, 2.45) is 0 Å². The average molecular weight is 323 g/mol. The predicted octanol–water partition coefficient (Wildman–Crippen LogP) is 4.06. The molecule has 0 saturated heterocycles. The molecule has 0 N–H and O–H groups in total. The summed E-state index contributed by atoms with van der Waals surface area (Å²) in [6, 6.07) is 6.81. The molecule has 0 bridgehead atoms. The number of halogens is 1. The largest absolute Gasteiger partial charge is 0.249 e. The average Bonchev–Trinajstić information content (AvgIpc) is 2.48. The van der Waals surface area contributed by atoms with E-state index in [2.05, 4.69) is 11.8 Å². The molecular formula is C17H19ClO4. The second-order valence-electron chi connectivity index (χ2n) is 5.55. The fourth-order valence-electron chi connectivity index (χ4n) is 1.12. The lowest BCUT2D eigenvalue weighted by Gasteiger charge is -2.25. The van der Waals surface area contributed by atoms with Crippen molar-refractivity contribution >= 4 is 11.6 Å². The van der Waals surface area contributed by atoms with Gasteiger partial charge in [0.1, 0.15) is 0 Å². The van der Waals surface area contributed by atoms with E-state index < -0.39 is 17.5 Å². The Morgan fingerprint density at radius 2 is 1.32 bits per heavy atom. The molecule has 1 aromatic rings. The molecule has 0 unspecified atom stereocenters. The Labute approximate surface area is 136 Å². The summed E-state index contributed by atoms with van der Waals surface area (Å²) in [5.41, 5.74) is -1.21. The summed E-state index contributed by atoms with van der Waals surface area (Å²) in [6.45, 7) is 6.71. The SMILES string of the molecule is C#CC(C)(C)OOC(OOC(C)(C)C#C)c1ccc(Cl)cc1. The van der Waals surface area contributed by atoms with Crippen LogP contribution in [0.25, 0.3) is 0 Å². The van der Waals surface area contributed by atoms with Crippen molar-refractivity contribution in [2.75, 3.05) is 0 Å². The van der Waals surface area contributed by atoms with Gasteiger partial charge in [0, 0.05) is 10.6 Å².